The quantitative estimate of drug-likeness (QED) is 0.446. The van der Waals surface area contributed by atoms with Crippen molar-refractivity contribution in [3.8, 4) is 0 Å². The van der Waals surface area contributed by atoms with Crippen molar-refractivity contribution in [3.63, 3.8) is 0 Å². The van der Waals surface area contributed by atoms with Gasteiger partial charge in [0.25, 0.3) is 5.91 Å². The number of nitro groups is 1. The van der Waals surface area contributed by atoms with Crippen LogP contribution in [0.25, 0.3) is 0 Å². The molecule has 0 bridgehead atoms. The Hall–Kier alpha value is -2.15. The maximum absolute atomic E-state index is 12.4. The van der Waals surface area contributed by atoms with Crippen LogP contribution in [0.4, 0.5) is 11.4 Å². The monoisotopic (exact) mass is 281 g/mol. The van der Waals surface area contributed by atoms with Gasteiger partial charge >= 0.3 is 5.69 Å². The molecule has 3 N–H and O–H groups in total. The number of nitrogen functional groups attached to an aromatic ring is 1. The van der Waals surface area contributed by atoms with Gasteiger partial charge in [0.05, 0.1) is 11.5 Å². The molecule has 1 aromatic carbocycles. The number of unbranched alkanes of at least 4 members (excludes halogenated alkanes) is 1. The summed E-state index contributed by atoms with van der Waals surface area (Å²) in [6.45, 7) is 2.38. The number of para-hydroxylation sites is 1. The summed E-state index contributed by atoms with van der Waals surface area (Å²) in [5.74, 6) is -0.480. The van der Waals surface area contributed by atoms with Gasteiger partial charge in [-0.15, -0.1) is 0 Å². The van der Waals surface area contributed by atoms with E-state index < -0.39 is 10.8 Å². The fraction of sp³-hybridized carbons (Fsp3) is 0.462. The van der Waals surface area contributed by atoms with E-state index in [1.165, 1.54) is 23.1 Å². The van der Waals surface area contributed by atoms with Crippen LogP contribution >= 0.6 is 0 Å². The summed E-state index contributed by atoms with van der Waals surface area (Å²) in [6.07, 6.45) is 1.65. The average molecular weight is 281 g/mol. The molecule has 0 aliphatic carbocycles. The summed E-state index contributed by atoms with van der Waals surface area (Å²) >= 11 is 0. The number of carbonyl (C=O) groups is 1. The molecule has 0 unspecified atom stereocenters. The van der Waals surface area contributed by atoms with Gasteiger partial charge in [-0.2, -0.15) is 0 Å². The molecule has 1 amide bonds. The van der Waals surface area contributed by atoms with E-state index in [0.717, 1.165) is 12.8 Å². The molecule has 0 saturated carbocycles. The van der Waals surface area contributed by atoms with Crippen molar-refractivity contribution in [1.29, 1.82) is 0 Å². The van der Waals surface area contributed by atoms with Crippen LogP contribution < -0.4 is 5.73 Å². The van der Waals surface area contributed by atoms with Crippen molar-refractivity contribution in [1.82, 2.24) is 4.90 Å². The Bertz CT molecular complexity index is 491. The van der Waals surface area contributed by atoms with Gasteiger partial charge in [0.1, 0.15) is 11.3 Å². The van der Waals surface area contributed by atoms with Gasteiger partial charge in [0.15, 0.2) is 0 Å². The predicted molar refractivity (Wildman–Crippen MR) is 75.4 cm³/mol. The number of rotatable bonds is 7. The van der Waals surface area contributed by atoms with E-state index in [1.54, 1.807) is 0 Å². The van der Waals surface area contributed by atoms with Crippen LogP contribution in [0.1, 0.15) is 30.1 Å². The van der Waals surface area contributed by atoms with Gasteiger partial charge < -0.3 is 15.7 Å². The Morgan fingerprint density at radius 2 is 2.15 bits per heavy atom. The molecular weight excluding hydrogens is 262 g/mol. The number of aliphatic hydroxyl groups is 1. The zero-order valence-corrected chi connectivity index (χ0v) is 11.4. The number of aliphatic hydroxyl groups excluding tert-OH is 1. The summed E-state index contributed by atoms with van der Waals surface area (Å²) in [6, 6.07) is 4.27. The van der Waals surface area contributed by atoms with Crippen molar-refractivity contribution in [2.24, 2.45) is 0 Å². The molecule has 110 valence electrons. The fourth-order valence-electron chi connectivity index (χ4n) is 1.89. The Balaban J connectivity index is 3.11. The van der Waals surface area contributed by atoms with Crippen LogP contribution in [0.3, 0.4) is 0 Å². The maximum Gasteiger partial charge on any atom is 0.304 e. The van der Waals surface area contributed by atoms with Gasteiger partial charge in [-0.05, 0) is 18.6 Å². The molecule has 7 nitrogen and oxygen atoms in total. The highest BCUT2D eigenvalue weighted by Crippen LogP contribution is 2.27. The Morgan fingerprint density at radius 1 is 1.45 bits per heavy atom. The third-order valence-corrected chi connectivity index (χ3v) is 2.92. The van der Waals surface area contributed by atoms with Gasteiger partial charge in [-0.3, -0.25) is 14.9 Å². The highest BCUT2D eigenvalue weighted by Gasteiger charge is 2.26. The second-order valence-electron chi connectivity index (χ2n) is 4.37. The van der Waals surface area contributed by atoms with Crippen molar-refractivity contribution in [2.75, 3.05) is 25.4 Å². The van der Waals surface area contributed by atoms with Crippen molar-refractivity contribution >= 4 is 17.3 Å². The summed E-state index contributed by atoms with van der Waals surface area (Å²) in [5, 5.41) is 20.1. The molecule has 0 aromatic heterocycles. The molecule has 0 fully saturated rings. The molecule has 1 aromatic rings. The lowest BCUT2D eigenvalue weighted by Crippen LogP contribution is -2.34. The number of benzene rings is 1. The molecular formula is C13H19N3O4. The van der Waals surface area contributed by atoms with E-state index in [2.05, 4.69) is 0 Å². The number of carbonyl (C=O) groups excluding carboxylic acids is 1. The topological polar surface area (TPSA) is 110 Å². The molecule has 0 aliphatic heterocycles. The smallest absolute Gasteiger partial charge is 0.304 e. The Kier molecular flexibility index (Phi) is 5.92. The van der Waals surface area contributed by atoms with Crippen LogP contribution in [-0.2, 0) is 0 Å². The minimum Gasteiger partial charge on any atom is -0.395 e. The lowest BCUT2D eigenvalue weighted by molar-refractivity contribution is -0.384. The number of nitrogens with two attached hydrogens (primary N) is 1. The lowest BCUT2D eigenvalue weighted by Gasteiger charge is -2.21. The van der Waals surface area contributed by atoms with E-state index in [0.29, 0.717) is 6.54 Å². The molecule has 0 spiro atoms. The second kappa shape index (κ2) is 7.44. The first-order valence-electron chi connectivity index (χ1n) is 6.45. The first-order valence-corrected chi connectivity index (χ1v) is 6.45. The molecule has 0 radical (unpaired) electrons. The number of nitro benzene ring substituents is 1. The van der Waals surface area contributed by atoms with Crippen molar-refractivity contribution in [2.45, 2.75) is 19.8 Å². The molecule has 0 atom stereocenters. The van der Waals surface area contributed by atoms with E-state index in [1.807, 2.05) is 6.92 Å². The van der Waals surface area contributed by atoms with E-state index in [4.69, 9.17) is 10.8 Å². The van der Waals surface area contributed by atoms with Crippen molar-refractivity contribution in [3.05, 3.63) is 33.9 Å². The summed E-state index contributed by atoms with van der Waals surface area (Å²) in [4.78, 5) is 24.2. The summed E-state index contributed by atoms with van der Waals surface area (Å²) < 4.78 is 0. The number of nitrogens with zero attached hydrogens (tertiary/aromatic N) is 2. The first-order chi connectivity index (χ1) is 9.52. The minimum atomic E-state index is -0.653. The highest BCUT2D eigenvalue weighted by atomic mass is 16.6. The normalized spacial score (nSPS) is 10.3. The zero-order valence-electron chi connectivity index (χ0n) is 11.4. The third-order valence-electron chi connectivity index (χ3n) is 2.92. The standard InChI is InChI=1S/C13H19N3O4/c1-2-3-7-15(8-9-17)13(18)10-5-4-6-11(14)12(10)16(19)20/h4-6,17H,2-3,7-9,14H2,1H3. The van der Waals surface area contributed by atoms with Crippen molar-refractivity contribution < 1.29 is 14.8 Å². The number of amides is 1. The van der Waals surface area contributed by atoms with E-state index in [9.17, 15) is 14.9 Å². The van der Waals surface area contributed by atoms with Crippen LogP contribution in [0.5, 0.6) is 0 Å². The first kappa shape index (κ1) is 15.9. The Morgan fingerprint density at radius 3 is 2.70 bits per heavy atom. The average Bonchev–Trinajstić information content (AvgIpc) is 2.42. The molecule has 7 heteroatoms. The van der Waals surface area contributed by atoms with Gasteiger partial charge in [0, 0.05) is 13.1 Å². The summed E-state index contributed by atoms with van der Waals surface area (Å²) in [5.41, 5.74) is 5.11. The zero-order chi connectivity index (χ0) is 15.1. The predicted octanol–water partition coefficient (Wildman–Crippen LogP) is 1.41. The van der Waals surface area contributed by atoms with E-state index >= 15 is 0 Å². The number of hydrogen-bond donors (Lipinski definition) is 2. The number of hydrogen-bond acceptors (Lipinski definition) is 5. The second-order valence-corrected chi connectivity index (χ2v) is 4.37. The Labute approximate surface area is 117 Å². The van der Waals surface area contributed by atoms with Gasteiger partial charge in [0.2, 0.25) is 0 Å². The molecule has 0 aliphatic rings. The highest BCUT2D eigenvalue weighted by molar-refractivity contribution is 6.00. The van der Waals surface area contributed by atoms with E-state index in [-0.39, 0.29) is 30.1 Å². The third kappa shape index (κ3) is 3.67. The van der Waals surface area contributed by atoms with Crippen LogP contribution in [0.2, 0.25) is 0 Å². The maximum atomic E-state index is 12.4. The van der Waals surface area contributed by atoms with Gasteiger partial charge in [-0.25, -0.2) is 0 Å². The molecule has 0 saturated heterocycles. The SMILES string of the molecule is CCCCN(CCO)C(=O)c1cccc(N)c1[N+](=O)[O-]. The largest absolute Gasteiger partial charge is 0.395 e. The molecule has 20 heavy (non-hydrogen) atoms. The van der Waals surface area contributed by atoms with Crippen LogP contribution in [0, 0.1) is 10.1 Å². The fourth-order valence-corrected chi connectivity index (χ4v) is 1.89. The molecule has 0 heterocycles. The lowest BCUT2D eigenvalue weighted by atomic mass is 10.1. The minimum absolute atomic E-state index is 0.0414. The van der Waals surface area contributed by atoms with Gasteiger partial charge in [-0.1, -0.05) is 19.4 Å². The summed E-state index contributed by atoms with van der Waals surface area (Å²) in [7, 11) is 0. The number of anilines is 1. The van der Waals surface area contributed by atoms with Crippen LogP contribution in [0.15, 0.2) is 18.2 Å². The van der Waals surface area contributed by atoms with Crippen LogP contribution in [-0.4, -0.2) is 40.5 Å². The molecule has 1 rings (SSSR count).